The average Bonchev–Trinajstić information content (AvgIpc) is 3.25. The number of hydrogen-bond donors (Lipinski definition) is 0. The van der Waals surface area contributed by atoms with E-state index >= 15 is 0 Å². The summed E-state index contributed by atoms with van der Waals surface area (Å²) in [5, 5.41) is 20.1. The monoisotopic (exact) mass is 1090 g/mol. The first-order valence-electron chi connectivity index (χ1n) is 23.5. The van der Waals surface area contributed by atoms with Crippen molar-refractivity contribution in [2.24, 2.45) is 11.3 Å². The van der Waals surface area contributed by atoms with Crippen molar-refractivity contribution in [3.63, 3.8) is 0 Å². The van der Waals surface area contributed by atoms with Gasteiger partial charge in [-0.2, -0.15) is 0 Å². The normalized spacial score (nSPS) is 10.8. The van der Waals surface area contributed by atoms with E-state index in [9.17, 15) is 0 Å². The summed E-state index contributed by atoms with van der Waals surface area (Å²) in [5.74, 6) is 0.347. The first kappa shape index (κ1) is 72.9. The second-order valence-electron chi connectivity index (χ2n) is 19.9. The Bertz CT molecular complexity index is 2260. The third kappa shape index (κ3) is 16.4. The van der Waals surface area contributed by atoms with Gasteiger partial charge in [-0.3, -0.25) is 0 Å². The Balaban J connectivity index is -0.000000564. The molecule has 6 heteroatoms. The predicted molar refractivity (Wildman–Crippen MR) is 308 cm³/mol. The van der Waals surface area contributed by atoms with Crippen LogP contribution >= 0.6 is 0 Å². The molecule has 0 aromatic heterocycles. The molecule has 0 radical (unpaired) electrons. The maximum Gasteiger partial charge on any atom is 4.00 e. The zero-order valence-electron chi connectivity index (χ0n) is 49.5. The second kappa shape index (κ2) is 30.4. The molecule has 0 fully saturated rings. The summed E-state index contributed by atoms with van der Waals surface area (Å²) in [6, 6.07) is 0. The summed E-state index contributed by atoms with van der Waals surface area (Å²) in [7, 11) is 0. The smallest absolute Gasteiger partial charge is 0.684 e. The topological polar surface area (TPSA) is 56.4 Å². The van der Waals surface area contributed by atoms with Crippen LogP contribution in [0.4, 0.5) is 22.7 Å². The van der Waals surface area contributed by atoms with Crippen molar-refractivity contribution in [2.75, 3.05) is 26.2 Å². The Kier molecular flexibility index (Phi) is 32.1. The van der Waals surface area contributed by atoms with E-state index in [-0.39, 0.29) is 87.5 Å². The zero-order chi connectivity index (χ0) is 48.2. The molecule has 0 bridgehead atoms. The number of benzene rings is 4. The van der Waals surface area contributed by atoms with Gasteiger partial charge in [0.1, 0.15) is 0 Å². The van der Waals surface area contributed by atoms with Gasteiger partial charge in [0.25, 0.3) is 0 Å². The van der Waals surface area contributed by atoms with Crippen molar-refractivity contribution in [1.29, 1.82) is 0 Å². The number of hydrogen-bond acceptors (Lipinski definition) is 0. The van der Waals surface area contributed by atoms with E-state index in [4.69, 9.17) is 21.3 Å². The number of rotatable bonds is 16. The maximum atomic E-state index is 5.10. The van der Waals surface area contributed by atoms with E-state index in [0.717, 1.165) is 50.4 Å². The average molecular weight is 1090 g/mol. The van der Waals surface area contributed by atoms with Crippen LogP contribution in [0.5, 0.6) is 0 Å². The fourth-order valence-corrected chi connectivity index (χ4v) is 8.81. The van der Waals surface area contributed by atoms with Crippen LogP contribution in [0.3, 0.4) is 0 Å². The summed E-state index contributed by atoms with van der Waals surface area (Å²) in [5.41, 5.74) is 34.0. The van der Waals surface area contributed by atoms with Crippen LogP contribution in [0.15, 0.2) is 24.3 Å². The second-order valence-corrected chi connectivity index (χ2v) is 19.9. The van der Waals surface area contributed by atoms with Crippen LogP contribution in [0.1, 0.15) is 145 Å². The van der Waals surface area contributed by atoms with Crippen molar-refractivity contribution in [3.8, 4) is 0 Å². The molecular weight excluding hydrogens is 995 g/mol. The molecule has 378 valence electrons. The minimum Gasteiger partial charge on any atom is -0.684 e. The molecule has 1 unspecified atom stereocenters. The van der Waals surface area contributed by atoms with E-state index in [2.05, 4.69) is 172 Å². The van der Waals surface area contributed by atoms with Crippen LogP contribution in [-0.2, 0) is 52.4 Å². The van der Waals surface area contributed by atoms with Crippen molar-refractivity contribution >= 4 is 22.7 Å². The van der Waals surface area contributed by atoms with Crippen LogP contribution in [0.25, 0.3) is 21.3 Å². The van der Waals surface area contributed by atoms with Gasteiger partial charge in [0, 0.05) is 0 Å². The molecule has 0 spiro atoms. The Hall–Kier alpha value is -2.67. The van der Waals surface area contributed by atoms with E-state index in [1.165, 1.54) is 134 Å². The molecule has 0 saturated heterocycles. The molecule has 4 rings (SSSR count). The van der Waals surface area contributed by atoms with Gasteiger partial charge in [-0.15, -0.1) is 48.9 Å². The van der Waals surface area contributed by atoms with Gasteiger partial charge in [0.2, 0.25) is 0 Å². The quantitative estimate of drug-likeness (QED) is 0.0793. The Morgan fingerprint density at radius 2 is 0.580 bits per heavy atom. The molecule has 0 aliphatic heterocycles. The Morgan fingerprint density at radius 1 is 0.362 bits per heavy atom. The van der Waals surface area contributed by atoms with Gasteiger partial charge in [-0.1, -0.05) is 89.6 Å². The van der Waals surface area contributed by atoms with Crippen molar-refractivity contribution in [1.82, 2.24) is 0 Å². The molecular formula is C63H98N4Zr2. The zero-order valence-corrected chi connectivity index (χ0v) is 54.4. The third-order valence-electron chi connectivity index (χ3n) is 16.0. The van der Waals surface area contributed by atoms with Crippen LogP contribution in [0.2, 0.25) is 0 Å². The molecule has 69 heavy (non-hydrogen) atoms. The first-order chi connectivity index (χ1) is 29.1. The first-order valence-corrected chi connectivity index (χ1v) is 23.5. The summed E-state index contributed by atoms with van der Waals surface area (Å²) < 4.78 is 0. The summed E-state index contributed by atoms with van der Waals surface area (Å²) in [4.78, 5) is 0. The molecule has 1 atom stereocenters. The molecule has 4 nitrogen and oxygen atoms in total. The van der Waals surface area contributed by atoms with Gasteiger partial charge >= 0.3 is 52.4 Å². The maximum absolute atomic E-state index is 5.10. The fraction of sp³-hybridized carbons (Fsp3) is 0.492. The van der Waals surface area contributed by atoms with Gasteiger partial charge < -0.3 is 51.0 Å². The largest absolute Gasteiger partial charge is 4.00 e. The van der Waals surface area contributed by atoms with Gasteiger partial charge in [-0.25, -0.2) is 0 Å². The standard InChI is InChI=1S/C30H44N2.C29H42N2.4CH3.2Zr/c1-17(14-15-31-28-24(8)20(4)18(2)21(5)25(28)9)30(12,13)16-32-29-26(10)22(6)19(3)23(7)27(29)11;1-16(13-14-30-28-24(9)20(5)18(3)21(6)25(28)10)17(2)15-31-29-26(11)22(7)19(4)23(8)27(29)12;;;;;;/h1,14-16H2,2-13H3;17H,1,13-15H2,2-12H3;4*1H3;;/q2*-2;4*-1;2*+4. The molecule has 4 aromatic rings. The minimum absolute atomic E-state index is 0. The van der Waals surface area contributed by atoms with Crippen LogP contribution < -0.4 is 0 Å². The molecule has 0 heterocycles. The SMILES string of the molecule is C=C(CC[N-]c1c(C)c(C)c(C)c(C)c1C)C(C)(C)C[N-]c1c(C)c(C)c(C)c(C)c1C.C=C(CC[N-]c1c(C)c(C)c(C)c(C)c1C)C(C)C[N-]c1c(C)c(C)c(C)c(C)c1C.[CH3-].[CH3-].[CH3-].[CH3-].[Zr+4].[Zr+4]. The summed E-state index contributed by atoms with van der Waals surface area (Å²) >= 11 is 0. The van der Waals surface area contributed by atoms with Gasteiger partial charge in [0.15, 0.2) is 0 Å². The van der Waals surface area contributed by atoms with Crippen molar-refractivity contribution in [2.45, 2.75) is 172 Å². The van der Waals surface area contributed by atoms with Crippen molar-refractivity contribution in [3.05, 3.63) is 187 Å². The van der Waals surface area contributed by atoms with Gasteiger partial charge in [-0.05, 0) is 229 Å². The summed E-state index contributed by atoms with van der Waals surface area (Å²) in [6.45, 7) is 62.7. The summed E-state index contributed by atoms with van der Waals surface area (Å²) in [6.07, 6.45) is 1.79. The van der Waals surface area contributed by atoms with E-state index in [1.807, 2.05) is 0 Å². The third-order valence-corrected chi connectivity index (χ3v) is 16.0. The van der Waals surface area contributed by atoms with Gasteiger partial charge in [0.05, 0.1) is 0 Å². The minimum atomic E-state index is -0.0652. The fourth-order valence-electron chi connectivity index (χ4n) is 8.81. The molecule has 0 N–H and O–H groups in total. The van der Waals surface area contributed by atoms with E-state index in [0.29, 0.717) is 5.92 Å². The van der Waals surface area contributed by atoms with Crippen LogP contribution in [-0.4, -0.2) is 26.2 Å². The Morgan fingerprint density at radius 3 is 0.855 bits per heavy atom. The molecule has 0 saturated carbocycles. The molecule has 0 aliphatic rings. The van der Waals surface area contributed by atoms with E-state index < -0.39 is 0 Å². The van der Waals surface area contributed by atoms with Crippen molar-refractivity contribution < 1.29 is 52.4 Å². The predicted octanol–water partition coefficient (Wildman–Crippen LogP) is 20.3. The molecule has 0 aliphatic carbocycles. The number of nitrogens with zero attached hydrogens (tertiary/aromatic N) is 4. The Labute approximate surface area is 467 Å². The molecule has 0 amide bonds. The molecule has 4 aromatic carbocycles. The van der Waals surface area contributed by atoms with E-state index in [1.54, 1.807) is 0 Å². The van der Waals surface area contributed by atoms with Crippen LogP contribution in [0, 0.1) is 180 Å².